The summed E-state index contributed by atoms with van der Waals surface area (Å²) in [6, 6.07) is 13.2. The van der Waals surface area contributed by atoms with Crippen LogP contribution < -0.4 is 14.8 Å². The molecular formula is C24H24Cl2N4O2. The quantitative estimate of drug-likeness (QED) is 0.348. The summed E-state index contributed by atoms with van der Waals surface area (Å²) in [6.07, 6.45) is 0.816. The first-order chi connectivity index (χ1) is 15.4. The van der Waals surface area contributed by atoms with E-state index in [9.17, 15) is 0 Å². The Kier molecular flexibility index (Phi) is 6.44. The lowest BCUT2D eigenvalue weighted by atomic mass is 10.1. The lowest BCUT2D eigenvalue weighted by Crippen LogP contribution is -2.11. The van der Waals surface area contributed by atoms with E-state index in [0.29, 0.717) is 28.1 Å². The molecule has 1 N–H and O–H groups in total. The molecule has 0 amide bonds. The van der Waals surface area contributed by atoms with E-state index in [-0.39, 0.29) is 0 Å². The molecule has 0 unspecified atom stereocenters. The van der Waals surface area contributed by atoms with Gasteiger partial charge in [-0.25, -0.2) is 4.98 Å². The van der Waals surface area contributed by atoms with Crippen molar-refractivity contribution in [1.29, 1.82) is 0 Å². The van der Waals surface area contributed by atoms with Crippen molar-refractivity contribution in [2.45, 2.75) is 26.8 Å². The third-order valence-corrected chi connectivity index (χ3v) is 5.99. The first-order valence-electron chi connectivity index (χ1n) is 10.2. The number of aryl methyl sites for hydroxylation is 1. The standard InChI is InChI=1S/C24H24Cl2N4O2/c1-5-18-14(2)28-23-12-20(15-7-9-21(31-3)22(10-15)32-4)29-30(23)24(18)27-13-16-6-8-17(25)11-19(16)26/h6-12,27H,5,13H2,1-4H3. The van der Waals surface area contributed by atoms with Gasteiger partial charge in [-0.05, 0) is 49.2 Å². The lowest BCUT2D eigenvalue weighted by Gasteiger charge is -2.15. The van der Waals surface area contributed by atoms with Gasteiger partial charge in [-0.15, -0.1) is 0 Å². The van der Waals surface area contributed by atoms with E-state index in [0.717, 1.165) is 46.0 Å². The molecule has 2 aromatic carbocycles. The van der Waals surface area contributed by atoms with Gasteiger partial charge in [0.1, 0.15) is 5.82 Å². The monoisotopic (exact) mass is 470 g/mol. The third-order valence-electron chi connectivity index (χ3n) is 5.40. The summed E-state index contributed by atoms with van der Waals surface area (Å²) in [5.41, 5.74) is 5.48. The van der Waals surface area contributed by atoms with Gasteiger partial charge in [0.15, 0.2) is 17.1 Å². The number of rotatable bonds is 7. The minimum Gasteiger partial charge on any atom is -0.493 e. The van der Waals surface area contributed by atoms with Gasteiger partial charge in [-0.1, -0.05) is 36.2 Å². The van der Waals surface area contributed by atoms with Crippen molar-refractivity contribution in [3.63, 3.8) is 0 Å². The molecule has 166 valence electrons. The van der Waals surface area contributed by atoms with Crippen LogP contribution in [0.3, 0.4) is 0 Å². The number of benzene rings is 2. The second-order valence-electron chi connectivity index (χ2n) is 7.34. The van der Waals surface area contributed by atoms with Crippen LogP contribution in [0.2, 0.25) is 10.0 Å². The fourth-order valence-corrected chi connectivity index (χ4v) is 4.21. The van der Waals surface area contributed by atoms with Crippen LogP contribution in [0.4, 0.5) is 5.82 Å². The van der Waals surface area contributed by atoms with Crippen LogP contribution >= 0.6 is 23.2 Å². The van der Waals surface area contributed by atoms with E-state index < -0.39 is 0 Å². The number of nitrogens with one attached hydrogen (secondary N) is 1. The van der Waals surface area contributed by atoms with Crippen LogP contribution in [0, 0.1) is 6.92 Å². The molecule has 0 spiro atoms. The number of methoxy groups -OCH3 is 2. The second kappa shape index (κ2) is 9.27. The minimum atomic E-state index is 0.535. The van der Waals surface area contributed by atoms with Gasteiger partial charge in [-0.3, -0.25) is 0 Å². The van der Waals surface area contributed by atoms with Crippen molar-refractivity contribution in [2.24, 2.45) is 0 Å². The largest absolute Gasteiger partial charge is 0.493 e. The first kappa shape index (κ1) is 22.2. The Hall–Kier alpha value is -2.96. The summed E-state index contributed by atoms with van der Waals surface area (Å²) in [7, 11) is 3.24. The van der Waals surface area contributed by atoms with Gasteiger partial charge in [0.2, 0.25) is 0 Å². The Morgan fingerprint density at radius 3 is 2.47 bits per heavy atom. The molecule has 2 heterocycles. The fraction of sp³-hybridized carbons (Fsp3) is 0.250. The van der Waals surface area contributed by atoms with Crippen LogP contribution in [0.25, 0.3) is 16.9 Å². The summed E-state index contributed by atoms with van der Waals surface area (Å²) >= 11 is 12.4. The number of halogens is 2. The molecule has 6 nitrogen and oxygen atoms in total. The molecule has 32 heavy (non-hydrogen) atoms. The predicted molar refractivity (Wildman–Crippen MR) is 129 cm³/mol. The first-order valence-corrected chi connectivity index (χ1v) is 11.0. The van der Waals surface area contributed by atoms with Crippen LogP contribution in [-0.2, 0) is 13.0 Å². The molecule has 2 aromatic heterocycles. The average Bonchev–Trinajstić information content (AvgIpc) is 3.21. The van der Waals surface area contributed by atoms with Crippen LogP contribution in [0.5, 0.6) is 11.5 Å². The molecule has 0 atom stereocenters. The van der Waals surface area contributed by atoms with E-state index in [2.05, 4.69) is 12.2 Å². The molecule has 0 aliphatic carbocycles. The van der Waals surface area contributed by atoms with Gasteiger partial charge in [0, 0.05) is 39.5 Å². The molecule has 0 aliphatic rings. The highest BCUT2D eigenvalue weighted by atomic mass is 35.5. The summed E-state index contributed by atoms with van der Waals surface area (Å²) in [6.45, 7) is 4.66. The maximum absolute atomic E-state index is 6.38. The Bertz CT molecular complexity index is 1290. The Morgan fingerprint density at radius 2 is 1.78 bits per heavy atom. The van der Waals surface area contributed by atoms with Crippen LogP contribution in [-0.4, -0.2) is 28.8 Å². The number of hydrogen-bond acceptors (Lipinski definition) is 5. The molecule has 4 rings (SSSR count). The van der Waals surface area contributed by atoms with E-state index in [1.54, 1.807) is 20.3 Å². The summed E-state index contributed by atoms with van der Waals surface area (Å²) in [4.78, 5) is 4.77. The Morgan fingerprint density at radius 1 is 1.00 bits per heavy atom. The topological polar surface area (TPSA) is 60.7 Å². The summed E-state index contributed by atoms with van der Waals surface area (Å²) < 4.78 is 12.6. The smallest absolute Gasteiger partial charge is 0.161 e. The van der Waals surface area contributed by atoms with Crippen molar-refractivity contribution in [1.82, 2.24) is 14.6 Å². The Balaban J connectivity index is 1.77. The van der Waals surface area contributed by atoms with Crippen LogP contribution in [0.15, 0.2) is 42.5 Å². The molecule has 0 bridgehead atoms. The van der Waals surface area contributed by atoms with Gasteiger partial charge >= 0.3 is 0 Å². The number of nitrogens with zero attached hydrogens (tertiary/aromatic N) is 3. The number of hydrogen-bond donors (Lipinski definition) is 1. The number of anilines is 1. The SMILES string of the molecule is CCc1c(C)nc2cc(-c3ccc(OC)c(OC)c3)nn2c1NCc1ccc(Cl)cc1Cl. The zero-order valence-corrected chi connectivity index (χ0v) is 19.9. The van der Waals surface area contributed by atoms with E-state index >= 15 is 0 Å². The third kappa shape index (κ3) is 4.20. The Labute approximate surface area is 197 Å². The van der Waals surface area contributed by atoms with Crippen molar-refractivity contribution in [2.75, 3.05) is 19.5 Å². The highest BCUT2D eigenvalue weighted by Gasteiger charge is 2.16. The summed E-state index contributed by atoms with van der Waals surface area (Å²) in [5, 5.41) is 9.61. The molecule has 0 aliphatic heterocycles. The zero-order valence-electron chi connectivity index (χ0n) is 18.4. The minimum absolute atomic E-state index is 0.535. The van der Waals surface area contributed by atoms with E-state index in [4.69, 9.17) is 42.8 Å². The van der Waals surface area contributed by atoms with Crippen molar-refractivity contribution in [3.8, 4) is 22.8 Å². The molecule has 8 heteroatoms. The maximum Gasteiger partial charge on any atom is 0.161 e. The maximum atomic E-state index is 6.38. The van der Waals surface area contributed by atoms with Gasteiger partial charge in [0.05, 0.1) is 19.9 Å². The van der Waals surface area contributed by atoms with Crippen molar-refractivity contribution in [3.05, 3.63) is 69.3 Å². The van der Waals surface area contributed by atoms with Crippen LogP contribution in [0.1, 0.15) is 23.7 Å². The highest BCUT2D eigenvalue weighted by molar-refractivity contribution is 6.35. The van der Waals surface area contributed by atoms with Crippen molar-refractivity contribution >= 4 is 34.7 Å². The normalized spacial score (nSPS) is 11.1. The molecule has 0 radical (unpaired) electrons. The van der Waals surface area contributed by atoms with E-state index in [1.165, 1.54) is 0 Å². The zero-order chi connectivity index (χ0) is 22.8. The van der Waals surface area contributed by atoms with Gasteiger partial charge in [-0.2, -0.15) is 9.61 Å². The molecule has 0 saturated heterocycles. The highest BCUT2D eigenvalue weighted by Crippen LogP contribution is 2.33. The number of aromatic nitrogens is 3. The predicted octanol–water partition coefficient (Wildman–Crippen LogP) is 6.20. The van der Waals surface area contributed by atoms with E-state index in [1.807, 2.05) is 47.8 Å². The number of ether oxygens (including phenoxy) is 2. The van der Waals surface area contributed by atoms with Gasteiger partial charge < -0.3 is 14.8 Å². The lowest BCUT2D eigenvalue weighted by molar-refractivity contribution is 0.355. The fourth-order valence-electron chi connectivity index (χ4n) is 3.74. The number of fused-ring (bicyclic) bond motifs is 1. The molecule has 4 aromatic rings. The molecular weight excluding hydrogens is 447 g/mol. The average molecular weight is 471 g/mol. The molecule has 0 saturated carbocycles. The molecule has 0 fully saturated rings. The summed E-state index contributed by atoms with van der Waals surface area (Å²) in [5.74, 6) is 2.22. The second-order valence-corrected chi connectivity index (χ2v) is 8.18. The van der Waals surface area contributed by atoms with Gasteiger partial charge in [0.25, 0.3) is 0 Å². The van der Waals surface area contributed by atoms with Crippen molar-refractivity contribution < 1.29 is 9.47 Å².